The zero-order valence-corrected chi connectivity index (χ0v) is 12.5. The van der Waals surface area contributed by atoms with Crippen LogP contribution in [0.3, 0.4) is 0 Å². The molecule has 0 bridgehead atoms. The van der Waals surface area contributed by atoms with Crippen LogP contribution in [0.1, 0.15) is 32.1 Å². The van der Waals surface area contributed by atoms with Crippen molar-refractivity contribution in [3.05, 3.63) is 48.6 Å². The molecule has 0 saturated carbocycles. The number of aliphatic hydroxyl groups excluding tert-OH is 1. The standard InChI is InChI=1S/C17H22O4/c1-4-16(2)13(18)10-14-17(3,21-16)11-19-15(20-14)12-8-6-5-7-9-12/h4-9,13-15,18H,1,10-11H2,2-3H3/t13-,14+,15-,16+,17-/m1/s1. The van der Waals surface area contributed by atoms with Crippen LogP contribution in [0.25, 0.3) is 0 Å². The molecule has 114 valence electrons. The molecule has 0 aliphatic carbocycles. The smallest absolute Gasteiger partial charge is 0.184 e. The molecule has 1 N–H and O–H groups in total. The number of rotatable bonds is 2. The normalized spacial score (nSPS) is 43.1. The van der Waals surface area contributed by atoms with E-state index in [1.807, 2.05) is 44.2 Å². The summed E-state index contributed by atoms with van der Waals surface area (Å²) >= 11 is 0. The molecule has 2 aliphatic rings. The van der Waals surface area contributed by atoms with E-state index in [0.717, 1.165) is 5.56 Å². The number of fused-ring (bicyclic) bond motifs is 1. The van der Waals surface area contributed by atoms with Crippen LogP contribution in [0.15, 0.2) is 43.0 Å². The van der Waals surface area contributed by atoms with Gasteiger partial charge in [0.05, 0.1) is 18.8 Å². The molecule has 4 nitrogen and oxygen atoms in total. The van der Waals surface area contributed by atoms with Crippen LogP contribution >= 0.6 is 0 Å². The van der Waals surface area contributed by atoms with Gasteiger partial charge in [0, 0.05) is 12.0 Å². The molecule has 21 heavy (non-hydrogen) atoms. The lowest BCUT2D eigenvalue weighted by Gasteiger charge is -2.53. The first-order valence-corrected chi connectivity index (χ1v) is 7.31. The van der Waals surface area contributed by atoms with Gasteiger partial charge in [0.1, 0.15) is 11.2 Å². The van der Waals surface area contributed by atoms with Gasteiger partial charge in [-0.15, -0.1) is 6.58 Å². The minimum atomic E-state index is -0.766. The van der Waals surface area contributed by atoms with Gasteiger partial charge >= 0.3 is 0 Å². The maximum atomic E-state index is 10.3. The Morgan fingerprint density at radius 3 is 2.67 bits per heavy atom. The molecule has 4 heteroatoms. The van der Waals surface area contributed by atoms with Gasteiger partial charge in [-0.2, -0.15) is 0 Å². The third kappa shape index (κ3) is 2.53. The Morgan fingerprint density at radius 2 is 2.00 bits per heavy atom. The number of benzene rings is 1. The van der Waals surface area contributed by atoms with Crippen molar-refractivity contribution in [2.45, 2.75) is 50.0 Å². The van der Waals surface area contributed by atoms with Gasteiger partial charge in [-0.1, -0.05) is 36.4 Å². The molecule has 0 radical (unpaired) electrons. The maximum Gasteiger partial charge on any atom is 0.184 e. The second kappa shape index (κ2) is 5.21. The zero-order chi connectivity index (χ0) is 15.1. The van der Waals surface area contributed by atoms with Gasteiger partial charge < -0.3 is 19.3 Å². The predicted molar refractivity (Wildman–Crippen MR) is 78.7 cm³/mol. The molecule has 2 saturated heterocycles. The Morgan fingerprint density at radius 1 is 1.29 bits per heavy atom. The number of hydrogen-bond donors (Lipinski definition) is 1. The average Bonchev–Trinajstić information content (AvgIpc) is 2.49. The van der Waals surface area contributed by atoms with E-state index in [2.05, 4.69) is 6.58 Å². The van der Waals surface area contributed by atoms with E-state index in [0.29, 0.717) is 13.0 Å². The zero-order valence-electron chi connectivity index (χ0n) is 12.5. The van der Waals surface area contributed by atoms with Crippen LogP contribution < -0.4 is 0 Å². The summed E-state index contributed by atoms with van der Waals surface area (Å²) in [6.45, 7) is 8.00. The van der Waals surface area contributed by atoms with Gasteiger partial charge in [-0.25, -0.2) is 0 Å². The first-order chi connectivity index (χ1) is 9.97. The third-order valence-corrected chi connectivity index (χ3v) is 4.52. The van der Waals surface area contributed by atoms with Crippen molar-refractivity contribution in [3.8, 4) is 0 Å². The van der Waals surface area contributed by atoms with Crippen LogP contribution in [0, 0.1) is 0 Å². The van der Waals surface area contributed by atoms with Crippen LogP contribution in [0.2, 0.25) is 0 Å². The summed E-state index contributed by atoms with van der Waals surface area (Å²) in [6, 6.07) is 9.82. The first kappa shape index (κ1) is 14.7. The molecular weight excluding hydrogens is 268 g/mol. The number of aliphatic hydroxyl groups is 1. The van der Waals surface area contributed by atoms with Gasteiger partial charge in [0.2, 0.25) is 0 Å². The van der Waals surface area contributed by atoms with Crippen molar-refractivity contribution in [2.24, 2.45) is 0 Å². The molecule has 2 fully saturated rings. The van der Waals surface area contributed by atoms with Crippen molar-refractivity contribution in [1.29, 1.82) is 0 Å². The van der Waals surface area contributed by atoms with E-state index >= 15 is 0 Å². The fourth-order valence-corrected chi connectivity index (χ4v) is 3.04. The quantitative estimate of drug-likeness (QED) is 0.851. The molecule has 0 aromatic heterocycles. The van der Waals surface area contributed by atoms with E-state index in [1.165, 1.54) is 0 Å². The first-order valence-electron chi connectivity index (χ1n) is 7.31. The van der Waals surface area contributed by atoms with Crippen molar-refractivity contribution in [3.63, 3.8) is 0 Å². The lowest BCUT2D eigenvalue weighted by Crippen LogP contribution is -2.64. The minimum Gasteiger partial charge on any atom is -0.390 e. The summed E-state index contributed by atoms with van der Waals surface area (Å²) in [7, 11) is 0. The monoisotopic (exact) mass is 290 g/mol. The highest BCUT2D eigenvalue weighted by molar-refractivity contribution is 5.17. The molecule has 1 aromatic carbocycles. The predicted octanol–water partition coefficient (Wildman–Crippen LogP) is 2.59. The van der Waals surface area contributed by atoms with Gasteiger partial charge in [-0.05, 0) is 13.8 Å². The van der Waals surface area contributed by atoms with Crippen molar-refractivity contribution >= 4 is 0 Å². The topological polar surface area (TPSA) is 47.9 Å². The fourth-order valence-electron chi connectivity index (χ4n) is 3.04. The van der Waals surface area contributed by atoms with Gasteiger partial charge in [0.15, 0.2) is 6.29 Å². The highest BCUT2D eigenvalue weighted by Gasteiger charge is 2.54. The number of hydrogen-bond acceptors (Lipinski definition) is 4. The van der Waals surface area contributed by atoms with Crippen LogP contribution in [0.5, 0.6) is 0 Å². The Kier molecular flexibility index (Phi) is 3.66. The van der Waals surface area contributed by atoms with Crippen molar-refractivity contribution < 1.29 is 19.3 Å². The summed E-state index contributed by atoms with van der Waals surface area (Å²) in [6.07, 6.45) is 0.906. The van der Waals surface area contributed by atoms with Crippen molar-refractivity contribution in [2.75, 3.05) is 6.61 Å². The Labute approximate surface area is 125 Å². The molecule has 2 aliphatic heterocycles. The average molecular weight is 290 g/mol. The second-order valence-electron chi connectivity index (χ2n) is 6.23. The molecule has 0 unspecified atom stereocenters. The van der Waals surface area contributed by atoms with E-state index in [1.54, 1.807) is 6.08 Å². The van der Waals surface area contributed by atoms with E-state index < -0.39 is 23.6 Å². The van der Waals surface area contributed by atoms with Crippen molar-refractivity contribution in [1.82, 2.24) is 0 Å². The lowest BCUT2D eigenvalue weighted by atomic mass is 9.82. The highest BCUT2D eigenvalue weighted by atomic mass is 16.7. The maximum absolute atomic E-state index is 10.3. The second-order valence-corrected chi connectivity index (χ2v) is 6.23. The summed E-state index contributed by atoms with van der Waals surface area (Å²) in [5, 5.41) is 10.3. The molecule has 0 amide bonds. The van der Waals surface area contributed by atoms with E-state index in [4.69, 9.17) is 14.2 Å². The summed E-state index contributed by atoms with van der Waals surface area (Å²) in [4.78, 5) is 0. The fraction of sp³-hybridized carbons (Fsp3) is 0.529. The van der Waals surface area contributed by atoms with Crippen LogP contribution in [-0.4, -0.2) is 35.1 Å². The Balaban J connectivity index is 1.80. The molecule has 2 heterocycles. The molecule has 0 spiro atoms. The number of ether oxygens (including phenoxy) is 3. The SMILES string of the molecule is C=C[C@]1(C)O[C@]2(C)CO[C@@H](c3ccccc3)O[C@H]2C[C@H]1O. The summed E-state index contributed by atoms with van der Waals surface area (Å²) in [5.41, 5.74) is -0.364. The van der Waals surface area contributed by atoms with Gasteiger partial charge in [0.25, 0.3) is 0 Å². The van der Waals surface area contributed by atoms with Gasteiger partial charge in [-0.3, -0.25) is 0 Å². The Hall–Kier alpha value is -1.20. The van der Waals surface area contributed by atoms with Crippen LogP contribution in [-0.2, 0) is 14.2 Å². The van der Waals surface area contributed by atoms with E-state index in [9.17, 15) is 5.11 Å². The summed E-state index contributed by atoms with van der Waals surface area (Å²) in [5.74, 6) is 0. The summed E-state index contributed by atoms with van der Waals surface area (Å²) < 4.78 is 18.0. The largest absolute Gasteiger partial charge is 0.390 e. The molecule has 5 atom stereocenters. The lowest BCUT2D eigenvalue weighted by molar-refractivity contribution is -0.348. The minimum absolute atomic E-state index is 0.209. The van der Waals surface area contributed by atoms with Crippen LogP contribution in [0.4, 0.5) is 0 Å². The molecule has 1 aromatic rings. The third-order valence-electron chi connectivity index (χ3n) is 4.52. The highest BCUT2D eigenvalue weighted by Crippen LogP contribution is 2.43. The molecule has 3 rings (SSSR count). The van der Waals surface area contributed by atoms with E-state index in [-0.39, 0.29) is 6.10 Å². The molecular formula is C17H22O4. The Bertz CT molecular complexity index is 517.